The number of nitrogens with zero attached hydrogens (tertiary/aromatic N) is 2. The molecule has 0 amide bonds. The smallest absolute Gasteiger partial charge is 0.124 e. The van der Waals surface area contributed by atoms with Gasteiger partial charge in [-0.2, -0.15) is 0 Å². The molecular weight excluding hydrogens is 288 g/mol. The molecule has 0 spiro atoms. The quantitative estimate of drug-likeness (QED) is 0.477. The Morgan fingerprint density at radius 2 is 2.00 bits per heavy atom. The molecule has 0 saturated carbocycles. The van der Waals surface area contributed by atoms with Crippen LogP contribution in [0.4, 0.5) is 0 Å². The Balaban J connectivity index is 1.91. The Labute approximate surface area is 125 Å². The van der Waals surface area contributed by atoms with Crippen LogP contribution in [0.5, 0.6) is 0 Å². The van der Waals surface area contributed by atoms with Crippen LogP contribution in [0, 0.1) is 0 Å². The van der Waals surface area contributed by atoms with Crippen molar-refractivity contribution in [1.29, 1.82) is 0 Å². The lowest BCUT2D eigenvalue weighted by molar-refractivity contribution is 0.969. The number of hydrogen-bond donors (Lipinski definition) is 0. The highest BCUT2D eigenvalue weighted by Gasteiger charge is 2.08. The van der Waals surface area contributed by atoms with Crippen LogP contribution in [0.25, 0.3) is 31.7 Å². The highest BCUT2D eigenvalue weighted by molar-refractivity contribution is 7.21. The third-order valence-electron chi connectivity index (χ3n) is 3.48. The lowest BCUT2D eigenvalue weighted by atomic mass is 10.1. The zero-order valence-corrected chi connectivity index (χ0v) is 12.4. The molecule has 0 unspecified atom stereocenters. The maximum atomic E-state index is 6.03. The van der Waals surface area contributed by atoms with Crippen molar-refractivity contribution in [3.63, 3.8) is 0 Å². The van der Waals surface area contributed by atoms with E-state index in [-0.39, 0.29) is 0 Å². The number of rotatable bonds is 1. The van der Waals surface area contributed by atoms with E-state index in [4.69, 9.17) is 16.6 Å². The fourth-order valence-electron chi connectivity index (χ4n) is 2.44. The third kappa shape index (κ3) is 1.82. The van der Waals surface area contributed by atoms with Crippen LogP contribution in [-0.2, 0) is 7.05 Å². The molecule has 0 bridgehead atoms. The Kier molecular flexibility index (Phi) is 2.59. The Hall–Kier alpha value is -1.84. The molecule has 0 aliphatic rings. The van der Waals surface area contributed by atoms with Gasteiger partial charge >= 0.3 is 0 Å². The van der Waals surface area contributed by atoms with Crippen molar-refractivity contribution >= 4 is 44.1 Å². The van der Waals surface area contributed by atoms with Crippen LogP contribution < -0.4 is 0 Å². The van der Waals surface area contributed by atoms with Gasteiger partial charge in [-0.3, -0.25) is 0 Å². The van der Waals surface area contributed by atoms with Crippen LogP contribution in [0.3, 0.4) is 0 Å². The molecule has 0 saturated heterocycles. The van der Waals surface area contributed by atoms with Crippen molar-refractivity contribution in [1.82, 2.24) is 9.55 Å². The van der Waals surface area contributed by atoms with E-state index in [1.165, 1.54) is 10.9 Å². The molecule has 4 aromatic rings. The summed E-state index contributed by atoms with van der Waals surface area (Å²) >= 11 is 7.71. The molecule has 0 atom stereocenters. The molecule has 2 nitrogen and oxygen atoms in total. The Morgan fingerprint density at radius 3 is 2.90 bits per heavy atom. The fraction of sp³-hybridized carbons (Fsp3) is 0.0625. The number of hydrogen-bond acceptors (Lipinski definition) is 2. The highest BCUT2D eigenvalue weighted by atomic mass is 35.5. The summed E-state index contributed by atoms with van der Waals surface area (Å²) in [5.74, 6) is 0. The van der Waals surface area contributed by atoms with Crippen molar-refractivity contribution in [2.45, 2.75) is 0 Å². The van der Waals surface area contributed by atoms with Crippen LogP contribution >= 0.6 is 22.9 Å². The number of benzene rings is 2. The first kappa shape index (κ1) is 11.9. The van der Waals surface area contributed by atoms with Crippen molar-refractivity contribution in [2.75, 3.05) is 0 Å². The van der Waals surface area contributed by atoms with Gasteiger partial charge in [-0.15, -0.1) is 11.3 Å². The predicted molar refractivity (Wildman–Crippen MR) is 86.5 cm³/mol. The molecule has 4 heteroatoms. The molecule has 2 aromatic carbocycles. The Morgan fingerprint density at radius 1 is 1.10 bits per heavy atom. The average molecular weight is 299 g/mol. The minimum atomic E-state index is 0.756. The van der Waals surface area contributed by atoms with Gasteiger partial charge < -0.3 is 4.57 Å². The largest absolute Gasteiger partial charge is 0.351 e. The van der Waals surface area contributed by atoms with Gasteiger partial charge in [-0.05, 0) is 42.5 Å². The van der Waals surface area contributed by atoms with Gasteiger partial charge in [0.05, 0.1) is 10.2 Å². The molecule has 0 aliphatic heterocycles. The van der Waals surface area contributed by atoms with E-state index in [1.807, 2.05) is 18.2 Å². The summed E-state index contributed by atoms with van der Waals surface area (Å²) in [5, 5.41) is 3.03. The zero-order valence-electron chi connectivity index (χ0n) is 10.8. The topological polar surface area (TPSA) is 17.8 Å². The van der Waals surface area contributed by atoms with Crippen LogP contribution in [0.1, 0.15) is 0 Å². The second-order valence-electron chi connectivity index (χ2n) is 4.83. The third-order valence-corrected chi connectivity index (χ3v) is 4.78. The van der Waals surface area contributed by atoms with E-state index in [9.17, 15) is 0 Å². The summed E-state index contributed by atoms with van der Waals surface area (Å²) in [7, 11) is 2.06. The molecule has 4 rings (SSSR count). The minimum Gasteiger partial charge on any atom is -0.351 e. The second kappa shape index (κ2) is 4.33. The lowest BCUT2D eigenvalue weighted by Gasteiger charge is -1.99. The second-order valence-corrected chi connectivity index (χ2v) is 6.30. The monoisotopic (exact) mass is 298 g/mol. The number of aromatic nitrogens is 2. The van der Waals surface area contributed by atoms with Crippen LogP contribution in [-0.4, -0.2) is 9.55 Å². The number of halogens is 1. The van der Waals surface area contributed by atoms with Gasteiger partial charge in [0.15, 0.2) is 0 Å². The summed E-state index contributed by atoms with van der Waals surface area (Å²) in [4.78, 5) is 4.69. The summed E-state index contributed by atoms with van der Waals surface area (Å²) in [5.41, 5.74) is 3.39. The first-order chi connectivity index (χ1) is 9.70. The van der Waals surface area contributed by atoms with Gasteiger partial charge in [0.1, 0.15) is 5.01 Å². The Bertz CT molecular complexity index is 936. The molecule has 0 N–H and O–H groups in total. The normalized spacial score (nSPS) is 11.5. The fourth-order valence-corrected chi connectivity index (χ4v) is 3.67. The lowest BCUT2D eigenvalue weighted by Crippen LogP contribution is -1.83. The van der Waals surface area contributed by atoms with Gasteiger partial charge in [0.25, 0.3) is 0 Å². The molecule has 98 valence electrons. The van der Waals surface area contributed by atoms with Gasteiger partial charge in [0, 0.05) is 34.7 Å². The van der Waals surface area contributed by atoms with Gasteiger partial charge in [-0.25, -0.2) is 4.98 Å². The standard InChI is InChI=1S/C16H11ClN2S/c1-19-7-6-10-8-11(2-5-14(10)19)16-18-13-4-3-12(17)9-15(13)20-16/h2-9H,1H3. The zero-order chi connectivity index (χ0) is 13.7. The van der Waals surface area contributed by atoms with E-state index in [2.05, 4.69) is 42.1 Å². The van der Waals surface area contributed by atoms with E-state index in [1.54, 1.807) is 11.3 Å². The highest BCUT2D eigenvalue weighted by Crippen LogP contribution is 2.33. The number of fused-ring (bicyclic) bond motifs is 2. The van der Waals surface area contributed by atoms with E-state index in [0.717, 1.165) is 25.8 Å². The summed E-state index contributed by atoms with van der Waals surface area (Å²) in [6, 6.07) is 14.4. The van der Waals surface area contributed by atoms with E-state index in [0.29, 0.717) is 0 Å². The maximum Gasteiger partial charge on any atom is 0.124 e. The molecule has 0 radical (unpaired) electrons. The van der Waals surface area contributed by atoms with E-state index < -0.39 is 0 Å². The van der Waals surface area contributed by atoms with Crippen molar-refractivity contribution < 1.29 is 0 Å². The molecule has 0 aliphatic carbocycles. The van der Waals surface area contributed by atoms with Crippen molar-refractivity contribution in [3.8, 4) is 10.6 Å². The number of thiazole rings is 1. The maximum absolute atomic E-state index is 6.03. The summed E-state index contributed by atoms with van der Waals surface area (Å²) in [6.45, 7) is 0. The van der Waals surface area contributed by atoms with Crippen molar-refractivity contribution in [3.05, 3.63) is 53.7 Å². The van der Waals surface area contributed by atoms with Gasteiger partial charge in [0.2, 0.25) is 0 Å². The molecular formula is C16H11ClN2S. The first-order valence-electron chi connectivity index (χ1n) is 6.32. The summed E-state index contributed by atoms with van der Waals surface area (Å²) in [6.07, 6.45) is 2.08. The van der Waals surface area contributed by atoms with Crippen LogP contribution in [0.2, 0.25) is 5.02 Å². The van der Waals surface area contributed by atoms with Crippen molar-refractivity contribution in [2.24, 2.45) is 7.05 Å². The van der Waals surface area contributed by atoms with Crippen LogP contribution in [0.15, 0.2) is 48.7 Å². The summed E-state index contributed by atoms with van der Waals surface area (Å²) < 4.78 is 3.25. The molecule has 20 heavy (non-hydrogen) atoms. The van der Waals surface area contributed by atoms with Gasteiger partial charge in [-0.1, -0.05) is 11.6 Å². The minimum absolute atomic E-state index is 0.756. The molecule has 0 fully saturated rings. The average Bonchev–Trinajstić information content (AvgIpc) is 3.02. The molecule has 2 heterocycles. The SMILES string of the molecule is Cn1ccc2cc(-c3nc4ccc(Cl)cc4s3)ccc21. The number of aryl methyl sites for hydroxylation is 1. The van der Waals surface area contributed by atoms with E-state index >= 15 is 0 Å². The molecule has 2 aromatic heterocycles. The predicted octanol–water partition coefficient (Wildman–Crippen LogP) is 5.11. The first-order valence-corrected chi connectivity index (χ1v) is 7.52.